The predicted octanol–water partition coefficient (Wildman–Crippen LogP) is 7.99. The van der Waals surface area contributed by atoms with E-state index < -0.39 is 21.3 Å². The van der Waals surface area contributed by atoms with Crippen molar-refractivity contribution in [2.75, 3.05) is 0 Å². The summed E-state index contributed by atoms with van der Waals surface area (Å²) >= 11 is -2.77. The van der Waals surface area contributed by atoms with E-state index in [0.717, 1.165) is 47.9 Å². The number of fused-ring (bicyclic) bond motifs is 2. The van der Waals surface area contributed by atoms with Gasteiger partial charge in [0.2, 0.25) is 0 Å². The minimum atomic E-state index is -2.77. The Balaban J connectivity index is 0.00000266. The van der Waals surface area contributed by atoms with Crippen LogP contribution >= 0.6 is 0 Å². The smallest absolute Gasteiger partial charge is 1.00 e. The van der Waals surface area contributed by atoms with Crippen LogP contribution < -0.4 is 24.8 Å². The molecule has 0 aromatic heterocycles. The van der Waals surface area contributed by atoms with Crippen LogP contribution in [0.25, 0.3) is 22.3 Å². The molecule has 2 atom stereocenters. The van der Waals surface area contributed by atoms with Crippen LogP contribution in [0.2, 0.25) is 0 Å². The Hall–Kier alpha value is -4.01. The Labute approximate surface area is 351 Å². The van der Waals surface area contributed by atoms with Gasteiger partial charge in [-0.25, -0.2) is 0 Å². The van der Waals surface area contributed by atoms with Crippen molar-refractivity contribution in [3.05, 3.63) is 208 Å². The fraction of sp³-hybridized carbons (Fsp3) is 0.196. The Kier molecular flexibility index (Phi) is 13.4. The van der Waals surface area contributed by atoms with E-state index in [-0.39, 0.29) is 48.3 Å². The van der Waals surface area contributed by atoms with Gasteiger partial charge in [-0.15, -0.1) is 0 Å². The minimum absolute atomic E-state index is 0. The van der Waals surface area contributed by atoms with E-state index in [4.69, 9.17) is 0 Å². The van der Waals surface area contributed by atoms with E-state index >= 15 is 8.78 Å². The SMILES string of the molecule is CCC1=[C]([Zr+2]([C]2=C(CC)C=C3C2=CC=CCC3c2ccc(-c3ccccc3)c(F)c2)=[C](C)C)C2=CC=CCC(c3ccc(-c4ccccc4)c(F)c3)C2=C1.[Cl-].[Cl-]. The Bertz CT molecular complexity index is 2270. The van der Waals surface area contributed by atoms with Crippen molar-refractivity contribution >= 4 is 3.21 Å². The third kappa shape index (κ3) is 7.81. The van der Waals surface area contributed by atoms with Gasteiger partial charge in [-0.2, -0.15) is 0 Å². The molecule has 4 aliphatic rings. The van der Waals surface area contributed by atoms with Gasteiger partial charge in [-0.1, -0.05) is 0 Å². The van der Waals surface area contributed by atoms with Crippen molar-refractivity contribution < 1.29 is 54.9 Å². The number of hydrogen-bond donors (Lipinski definition) is 0. The van der Waals surface area contributed by atoms with Crippen LogP contribution in [-0.4, -0.2) is 3.21 Å². The molecule has 0 spiro atoms. The first-order chi connectivity index (χ1) is 26.4. The normalized spacial score (nSPS) is 18.2. The molecule has 8 rings (SSSR count). The summed E-state index contributed by atoms with van der Waals surface area (Å²) < 4.78 is 36.3. The number of allylic oxidation sites excluding steroid dienone is 16. The molecule has 0 N–H and O–H groups in total. The maximum atomic E-state index is 15.8. The number of hydrogen-bond acceptors (Lipinski definition) is 0. The van der Waals surface area contributed by atoms with E-state index in [0.29, 0.717) is 11.1 Å². The first-order valence-electron chi connectivity index (χ1n) is 19.4. The Morgan fingerprint density at radius 2 is 1.00 bits per heavy atom. The standard InChI is InChI=1S/2C24H20F.C3H6.2ClH.Zr/c2*1-2-17-14-19-10-6-7-11-21(23(19)15-17)20-12-13-22(24(25)16-20)18-8-4-3-5-9-18;1-3-2;;;/h2*3-10,12-13,15-16,21H,2,11H2,1H3;1-2H3;2*1H;/q;;;;;+2/p-2. The zero-order chi connectivity index (χ0) is 37.3. The second kappa shape index (κ2) is 18.1. The van der Waals surface area contributed by atoms with Crippen molar-refractivity contribution in [1.29, 1.82) is 0 Å². The fourth-order valence-corrected chi connectivity index (χ4v) is 17.2. The maximum absolute atomic E-state index is 15.8. The van der Waals surface area contributed by atoms with E-state index in [1.807, 2.05) is 72.8 Å². The molecule has 5 heteroatoms. The van der Waals surface area contributed by atoms with Gasteiger partial charge in [-0.3, -0.25) is 0 Å². The molecule has 0 aliphatic heterocycles. The molecule has 2 unspecified atom stereocenters. The summed E-state index contributed by atoms with van der Waals surface area (Å²) in [5, 5.41) is 0. The van der Waals surface area contributed by atoms with Gasteiger partial charge in [0.1, 0.15) is 0 Å². The van der Waals surface area contributed by atoms with Crippen molar-refractivity contribution in [2.24, 2.45) is 0 Å². The number of halogens is 4. The summed E-state index contributed by atoms with van der Waals surface area (Å²) in [6.45, 7) is 9.29. The van der Waals surface area contributed by atoms with Crippen molar-refractivity contribution in [3.8, 4) is 22.3 Å². The van der Waals surface area contributed by atoms with Crippen LogP contribution in [0.5, 0.6) is 0 Å². The van der Waals surface area contributed by atoms with E-state index in [2.05, 4.69) is 88.4 Å². The van der Waals surface area contributed by atoms with Gasteiger partial charge in [0.25, 0.3) is 0 Å². The van der Waals surface area contributed by atoms with E-state index in [9.17, 15) is 0 Å². The third-order valence-electron chi connectivity index (χ3n) is 11.5. The van der Waals surface area contributed by atoms with Crippen LogP contribution in [0.4, 0.5) is 8.78 Å². The molecular weight excluding hydrogens is 813 g/mol. The molecule has 0 bridgehead atoms. The largest absolute Gasteiger partial charge is 1.00 e. The van der Waals surface area contributed by atoms with Crippen molar-refractivity contribution in [3.63, 3.8) is 0 Å². The summed E-state index contributed by atoms with van der Waals surface area (Å²) in [4.78, 5) is 0. The molecular formula is C51H46Cl2F2Zr. The molecule has 0 saturated heterocycles. The molecule has 282 valence electrons. The molecule has 4 aromatic carbocycles. The molecule has 4 aromatic rings. The van der Waals surface area contributed by atoms with Crippen molar-refractivity contribution in [1.82, 2.24) is 0 Å². The summed E-state index contributed by atoms with van der Waals surface area (Å²) in [5.74, 6) is -0.197. The summed E-state index contributed by atoms with van der Waals surface area (Å²) in [6, 6.07) is 31.4. The van der Waals surface area contributed by atoms with Gasteiger partial charge >= 0.3 is 329 Å². The molecule has 0 amide bonds. The van der Waals surface area contributed by atoms with E-state index in [1.54, 1.807) is 18.7 Å². The minimum Gasteiger partial charge on any atom is -1.00 e. The van der Waals surface area contributed by atoms with Crippen LogP contribution in [0.3, 0.4) is 0 Å². The van der Waals surface area contributed by atoms with Gasteiger partial charge < -0.3 is 24.8 Å². The average Bonchev–Trinajstić information content (AvgIpc) is 3.54. The van der Waals surface area contributed by atoms with Gasteiger partial charge in [-0.05, 0) is 0 Å². The summed E-state index contributed by atoms with van der Waals surface area (Å²) in [6.07, 6.45) is 22.2. The monoisotopic (exact) mass is 856 g/mol. The molecule has 0 saturated carbocycles. The second-order valence-corrected chi connectivity index (χ2v) is 21.6. The zero-order valence-electron chi connectivity index (χ0n) is 32.4. The molecule has 0 fully saturated rings. The van der Waals surface area contributed by atoms with Crippen LogP contribution in [0.1, 0.15) is 76.3 Å². The van der Waals surface area contributed by atoms with Crippen LogP contribution in [-0.2, 0) is 21.3 Å². The topological polar surface area (TPSA) is 0 Å². The van der Waals surface area contributed by atoms with Gasteiger partial charge in [0, 0.05) is 0 Å². The van der Waals surface area contributed by atoms with Crippen molar-refractivity contribution in [2.45, 2.75) is 65.2 Å². The van der Waals surface area contributed by atoms with Gasteiger partial charge in [0.15, 0.2) is 0 Å². The third-order valence-corrected chi connectivity index (χ3v) is 19.3. The first-order valence-corrected chi connectivity index (χ1v) is 23.1. The van der Waals surface area contributed by atoms with E-state index in [1.165, 1.54) is 36.6 Å². The summed E-state index contributed by atoms with van der Waals surface area (Å²) in [5.41, 5.74) is 13.3. The average molecular weight is 859 g/mol. The maximum Gasteiger partial charge on any atom is -1.00 e. The number of benzene rings is 4. The first kappa shape index (κ1) is 41.6. The van der Waals surface area contributed by atoms with Crippen LogP contribution in [0.15, 0.2) is 186 Å². The molecule has 56 heavy (non-hydrogen) atoms. The molecule has 0 nitrogen and oxygen atoms in total. The fourth-order valence-electron chi connectivity index (χ4n) is 8.86. The summed E-state index contributed by atoms with van der Waals surface area (Å²) in [7, 11) is 0. The zero-order valence-corrected chi connectivity index (χ0v) is 36.3. The molecule has 0 heterocycles. The molecule has 4 aliphatic carbocycles. The quantitative estimate of drug-likeness (QED) is 0.169. The predicted molar refractivity (Wildman–Crippen MR) is 220 cm³/mol. The van der Waals surface area contributed by atoms with Gasteiger partial charge in [0.05, 0.1) is 0 Å². The Morgan fingerprint density at radius 3 is 1.36 bits per heavy atom. The second-order valence-electron chi connectivity index (χ2n) is 14.9. The Morgan fingerprint density at radius 1 is 0.589 bits per heavy atom. The number of rotatable bonds is 8. The van der Waals surface area contributed by atoms with Crippen LogP contribution in [0, 0.1) is 11.6 Å². The molecule has 0 radical (unpaired) electrons.